The van der Waals surface area contributed by atoms with Crippen molar-refractivity contribution >= 4 is 40.0 Å². The predicted octanol–water partition coefficient (Wildman–Crippen LogP) is 4.36. The molecule has 0 radical (unpaired) electrons. The number of rotatable bonds is 3. The summed E-state index contributed by atoms with van der Waals surface area (Å²) in [4.78, 5) is 31.1. The molecule has 1 aliphatic rings. The molecule has 2 aromatic heterocycles. The lowest BCUT2D eigenvalue weighted by molar-refractivity contribution is 0.0593. The summed E-state index contributed by atoms with van der Waals surface area (Å²) in [7, 11) is 1.29. The number of aromatic nitrogens is 4. The van der Waals surface area contributed by atoms with Crippen LogP contribution >= 0.6 is 11.6 Å². The van der Waals surface area contributed by atoms with Gasteiger partial charge in [0.15, 0.2) is 5.69 Å². The quantitative estimate of drug-likeness (QED) is 0.442. The van der Waals surface area contributed by atoms with Gasteiger partial charge in [0.25, 0.3) is 0 Å². The van der Waals surface area contributed by atoms with E-state index in [4.69, 9.17) is 16.3 Å². The highest BCUT2D eigenvalue weighted by Gasteiger charge is 2.25. The van der Waals surface area contributed by atoms with Crippen LogP contribution in [0.5, 0.6) is 0 Å². The van der Waals surface area contributed by atoms with E-state index in [-0.39, 0.29) is 10.7 Å². The summed E-state index contributed by atoms with van der Waals surface area (Å²) < 4.78 is 18.6. The van der Waals surface area contributed by atoms with Gasteiger partial charge in [0, 0.05) is 23.2 Å². The molecule has 1 aliphatic heterocycles. The maximum absolute atomic E-state index is 13.9. The van der Waals surface area contributed by atoms with E-state index >= 15 is 0 Å². The van der Waals surface area contributed by atoms with Crippen molar-refractivity contribution in [3.05, 3.63) is 71.2 Å². The average Bonchev–Trinajstić information content (AvgIpc) is 3.20. The van der Waals surface area contributed by atoms with Crippen LogP contribution in [0.2, 0.25) is 5.02 Å². The zero-order valence-electron chi connectivity index (χ0n) is 16.3. The third-order valence-electron chi connectivity index (χ3n) is 5.21. The van der Waals surface area contributed by atoms with E-state index < -0.39 is 11.8 Å². The van der Waals surface area contributed by atoms with Gasteiger partial charge in [0.1, 0.15) is 18.0 Å². The van der Waals surface area contributed by atoms with Crippen molar-refractivity contribution in [2.24, 2.45) is 0 Å². The number of hydrogen-bond donors (Lipinski definition) is 0. The van der Waals surface area contributed by atoms with Crippen molar-refractivity contribution in [3.63, 3.8) is 0 Å². The number of hydrogen-bond acceptors (Lipinski definition) is 7. The smallest absolute Gasteiger partial charge is 0.358 e. The molecule has 4 aromatic rings. The summed E-state index contributed by atoms with van der Waals surface area (Å²) in [5, 5.41) is 0.859. The molecule has 0 unspecified atom stereocenters. The molecule has 3 heterocycles. The van der Waals surface area contributed by atoms with Gasteiger partial charge in [-0.3, -0.25) is 4.98 Å². The first-order valence-electron chi connectivity index (χ1n) is 9.46. The van der Waals surface area contributed by atoms with Gasteiger partial charge >= 0.3 is 5.97 Å². The van der Waals surface area contributed by atoms with Gasteiger partial charge in [-0.15, -0.1) is 0 Å². The topological polar surface area (TPSA) is 81.1 Å². The minimum atomic E-state index is -0.558. The van der Waals surface area contributed by atoms with E-state index in [9.17, 15) is 9.18 Å². The van der Waals surface area contributed by atoms with Gasteiger partial charge in [0.2, 0.25) is 0 Å². The molecule has 0 saturated heterocycles. The molecule has 2 aromatic carbocycles. The standard InChI is InChI=1S/C22H15ClFN5O2/c1-31-22(30)19-10-25-9-18(28-19)12-2-3-17-14(6-12)21(27-11-26-17)29-5-4-13-7-16(24)15(23)8-20(13)29/h2-3,6-11H,4-5H2,1H3. The van der Waals surface area contributed by atoms with Gasteiger partial charge in [-0.05, 0) is 36.2 Å². The number of ether oxygens (including phenoxy) is 1. The van der Waals surface area contributed by atoms with Crippen LogP contribution in [0.1, 0.15) is 16.1 Å². The summed E-state index contributed by atoms with van der Waals surface area (Å²) in [6, 6.07) is 8.72. The Morgan fingerprint density at radius 1 is 1.19 bits per heavy atom. The molecule has 5 rings (SSSR count). The largest absolute Gasteiger partial charge is 0.464 e. The van der Waals surface area contributed by atoms with Crippen LogP contribution in [0.15, 0.2) is 49.1 Å². The number of methoxy groups -OCH3 is 1. The number of halogens is 2. The molecular formula is C22H15ClFN5O2. The van der Waals surface area contributed by atoms with Gasteiger partial charge < -0.3 is 9.64 Å². The number of esters is 1. The van der Waals surface area contributed by atoms with Crippen molar-refractivity contribution in [3.8, 4) is 11.3 Å². The molecule has 7 nitrogen and oxygen atoms in total. The number of anilines is 2. The second-order valence-corrected chi connectivity index (χ2v) is 7.41. The molecule has 9 heteroatoms. The molecule has 0 N–H and O–H groups in total. The Kier molecular flexibility index (Phi) is 4.71. The minimum absolute atomic E-state index is 0.0691. The van der Waals surface area contributed by atoms with Crippen molar-refractivity contribution in [2.75, 3.05) is 18.6 Å². The molecular weight excluding hydrogens is 421 g/mol. The van der Waals surface area contributed by atoms with Crippen LogP contribution in [0.4, 0.5) is 15.9 Å². The third kappa shape index (κ3) is 3.34. The summed E-state index contributed by atoms with van der Waals surface area (Å²) >= 11 is 6.03. The van der Waals surface area contributed by atoms with E-state index in [1.165, 1.54) is 25.7 Å². The van der Waals surface area contributed by atoms with Gasteiger partial charge in [-0.2, -0.15) is 0 Å². The lowest BCUT2D eigenvalue weighted by Crippen LogP contribution is -2.15. The van der Waals surface area contributed by atoms with Crippen LogP contribution in [-0.2, 0) is 11.2 Å². The van der Waals surface area contributed by atoms with Gasteiger partial charge in [-0.1, -0.05) is 17.7 Å². The van der Waals surface area contributed by atoms with Crippen molar-refractivity contribution in [2.45, 2.75) is 6.42 Å². The van der Waals surface area contributed by atoms with E-state index in [1.807, 2.05) is 23.1 Å². The Balaban J connectivity index is 1.63. The number of carbonyl (C=O) groups excluding carboxylic acids is 1. The average molecular weight is 436 g/mol. The maximum atomic E-state index is 13.9. The van der Waals surface area contributed by atoms with E-state index in [2.05, 4.69) is 19.9 Å². The minimum Gasteiger partial charge on any atom is -0.464 e. The SMILES string of the molecule is COC(=O)c1cncc(-c2ccc3ncnc(N4CCc5cc(F)c(Cl)cc54)c3c2)n1. The molecule has 0 atom stereocenters. The van der Waals surface area contributed by atoms with Crippen LogP contribution in [0, 0.1) is 5.82 Å². The monoisotopic (exact) mass is 435 g/mol. The molecule has 31 heavy (non-hydrogen) atoms. The van der Waals surface area contributed by atoms with Crippen LogP contribution in [-0.4, -0.2) is 39.6 Å². The van der Waals surface area contributed by atoms with Crippen LogP contribution in [0.3, 0.4) is 0 Å². The third-order valence-corrected chi connectivity index (χ3v) is 5.50. The molecule has 154 valence electrons. The summed E-state index contributed by atoms with van der Waals surface area (Å²) in [6.45, 7) is 0.642. The maximum Gasteiger partial charge on any atom is 0.358 e. The molecule has 0 aliphatic carbocycles. The Morgan fingerprint density at radius 3 is 2.90 bits per heavy atom. The second-order valence-electron chi connectivity index (χ2n) is 7.01. The Labute approximate surface area is 181 Å². The lowest BCUT2D eigenvalue weighted by Gasteiger charge is -2.20. The number of nitrogens with zero attached hydrogens (tertiary/aromatic N) is 5. The molecule has 0 bridgehead atoms. The van der Waals surface area contributed by atoms with Crippen LogP contribution in [0.25, 0.3) is 22.2 Å². The fourth-order valence-electron chi connectivity index (χ4n) is 3.73. The number of benzene rings is 2. The first kappa shape index (κ1) is 19.3. The van der Waals surface area contributed by atoms with Gasteiger partial charge in [0.05, 0.1) is 35.7 Å². The van der Waals surface area contributed by atoms with E-state index in [1.54, 1.807) is 12.3 Å². The second kappa shape index (κ2) is 7.55. The van der Waals surface area contributed by atoms with Crippen molar-refractivity contribution in [1.29, 1.82) is 0 Å². The van der Waals surface area contributed by atoms with E-state index in [0.717, 1.165) is 27.7 Å². The predicted molar refractivity (Wildman–Crippen MR) is 114 cm³/mol. The molecule has 0 saturated carbocycles. The summed E-state index contributed by atoms with van der Waals surface area (Å²) in [5.74, 6) is -0.302. The molecule has 0 fully saturated rings. The first-order chi connectivity index (χ1) is 15.0. The number of fused-ring (bicyclic) bond motifs is 2. The summed E-state index contributed by atoms with van der Waals surface area (Å²) in [5.41, 5.74) is 3.83. The highest BCUT2D eigenvalue weighted by atomic mass is 35.5. The Bertz CT molecular complexity index is 1350. The van der Waals surface area contributed by atoms with Crippen molar-refractivity contribution < 1.29 is 13.9 Å². The first-order valence-corrected chi connectivity index (χ1v) is 9.84. The molecule has 0 amide bonds. The van der Waals surface area contributed by atoms with Gasteiger partial charge in [-0.25, -0.2) is 24.1 Å². The lowest BCUT2D eigenvalue weighted by atomic mass is 10.1. The normalized spacial score (nSPS) is 12.8. The Morgan fingerprint density at radius 2 is 2.06 bits per heavy atom. The highest BCUT2D eigenvalue weighted by molar-refractivity contribution is 6.31. The number of carbonyl (C=O) groups is 1. The Hall–Kier alpha value is -3.65. The highest BCUT2D eigenvalue weighted by Crippen LogP contribution is 2.39. The fourth-order valence-corrected chi connectivity index (χ4v) is 3.89. The molecule has 0 spiro atoms. The fraction of sp³-hybridized carbons (Fsp3) is 0.136. The zero-order chi connectivity index (χ0) is 21.5. The zero-order valence-corrected chi connectivity index (χ0v) is 17.1. The van der Waals surface area contributed by atoms with E-state index in [0.29, 0.717) is 24.5 Å². The van der Waals surface area contributed by atoms with Crippen molar-refractivity contribution in [1.82, 2.24) is 19.9 Å². The van der Waals surface area contributed by atoms with Crippen LogP contribution < -0.4 is 4.90 Å². The summed E-state index contributed by atoms with van der Waals surface area (Å²) in [6.07, 6.45) is 5.11.